The van der Waals surface area contributed by atoms with E-state index in [9.17, 15) is 9.59 Å². The van der Waals surface area contributed by atoms with Crippen LogP contribution in [-0.2, 0) is 16.1 Å². The Bertz CT molecular complexity index is 1140. The zero-order valence-corrected chi connectivity index (χ0v) is 17.7. The second kappa shape index (κ2) is 8.07. The van der Waals surface area contributed by atoms with Crippen LogP contribution < -0.4 is 19.7 Å². The lowest BCUT2D eigenvalue weighted by Gasteiger charge is -2.22. The molecule has 0 aliphatic carbocycles. The van der Waals surface area contributed by atoms with Crippen LogP contribution in [0.2, 0.25) is 0 Å². The molecule has 1 atom stereocenters. The Labute approximate surface area is 182 Å². The highest BCUT2D eigenvalue weighted by atomic mass is 32.1. The quantitative estimate of drug-likeness (QED) is 0.656. The number of hydrogen-bond acceptors (Lipinski definition) is 7. The molecule has 2 aromatic heterocycles. The summed E-state index contributed by atoms with van der Waals surface area (Å²) in [5, 5.41) is 5.78. The first-order valence-electron chi connectivity index (χ1n) is 10.1. The largest absolute Gasteiger partial charge is 0.486 e. The molecule has 2 aliphatic rings. The summed E-state index contributed by atoms with van der Waals surface area (Å²) in [6.07, 6.45) is 0.168. The molecule has 2 amide bonds. The highest BCUT2D eigenvalue weighted by Gasteiger charge is 2.35. The lowest BCUT2D eigenvalue weighted by atomic mass is 10.1. The molecule has 0 bridgehead atoms. The van der Waals surface area contributed by atoms with Gasteiger partial charge in [-0.25, -0.2) is 4.98 Å². The summed E-state index contributed by atoms with van der Waals surface area (Å²) in [4.78, 5) is 31.2. The summed E-state index contributed by atoms with van der Waals surface area (Å²) < 4.78 is 16.9. The normalized spacial score (nSPS) is 17.8. The molecule has 0 spiro atoms. The van der Waals surface area contributed by atoms with Crippen LogP contribution in [0.4, 0.5) is 5.69 Å². The molecule has 1 fully saturated rings. The maximum absolute atomic E-state index is 12.7. The summed E-state index contributed by atoms with van der Waals surface area (Å²) in [5.41, 5.74) is 1.50. The molecule has 8 nitrogen and oxygen atoms in total. The Kier molecular flexibility index (Phi) is 5.11. The second-order valence-electron chi connectivity index (χ2n) is 7.47. The van der Waals surface area contributed by atoms with Crippen molar-refractivity contribution in [3.05, 3.63) is 46.5 Å². The number of fused-ring (bicyclic) bond motifs is 1. The molecule has 160 valence electrons. The van der Waals surface area contributed by atoms with Crippen molar-refractivity contribution in [3.8, 4) is 23.0 Å². The first-order valence-corrected chi connectivity index (χ1v) is 10.9. The Morgan fingerprint density at radius 1 is 1.23 bits per heavy atom. The van der Waals surface area contributed by atoms with Crippen molar-refractivity contribution in [1.82, 2.24) is 10.3 Å². The molecule has 1 N–H and O–H groups in total. The zero-order valence-electron chi connectivity index (χ0n) is 16.9. The summed E-state index contributed by atoms with van der Waals surface area (Å²) >= 11 is 1.56. The second-order valence-corrected chi connectivity index (χ2v) is 8.53. The van der Waals surface area contributed by atoms with Crippen molar-refractivity contribution in [2.45, 2.75) is 19.9 Å². The van der Waals surface area contributed by atoms with E-state index in [2.05, 4.69) is 10.3 Å². The molecule has 0 saturated carbocycles. The molecule has 3 aromatic rings. The third-order valence-electron chi connectivity index (χ3n) is 5.30. The number of rotatable bonds is 5. The number of nitrogens with zero attached hydrogens (tertiary/aromatic N) is 2. The van der Waals surface area contributed by atoms with E-state index in [1.165, 1.54) is 0 Å². The molecule has 31 heavy (non-hydrogen) atoms. The van der Waals surface area contributed by atoms with Gasteiger partial charge in [-0.2, -0.15) is 0 Å². The van der Waals surface area contributed by atoms with Gasteiger partial charge in [0.1, 0.15) is 24.7 Å². The molecular formula is C22H21N3O5S. The average Bonchev–Trinajstić information content (AvgIpc) is 3.51. The third kappa shape index (κ3) is 4.00. The van der Waals surface area contributed by atoms with Gasteiger partial charge in [0.05, 0.1) is 17.5 Å². The van der Waals surface area contributed by atoms with Crippen molar-refractivity contribution in [1.29, 1.82) is 0 Å². The van der Waals surface area contributed by atoms with E-state index in [4.69, 9.17) is 13.9 Å². The Balaban J connectivity index is 1.20. The lowest BCUT2D eigenvalue weighted by molar-refractivity contribution is -0.126. The Morgan fingerprint density at radius 3 is 2.87 bits per heavy atom. The van der Waals surface area contributed by atoms with Gasteiger partial charge in [-0.15, -0.1) is 11.3 Å². The fourth-order valence-corrected chi connectivity index (χ4v) is 4.34. The summed E-state index contributed by atoms with van der Waals surface area (Å²) in [7, 11) is 0. The number of nitrogens with one attached hydrogen (secondary N) is 1. The number of thiazole rings is 1. The van der Waals surface area contributed by atoms with E-state index in [0.717, 1.165) is 10.7 Å². The number of benzene rings is 1. The van der Waals surface area contributed by atoms with Crippen molar-refractivity contribution < 1.29 is 23.5 Å². The number of anilines is 1. The number of aromatic nitrogens is 1. The van der Waals surface area contributed by atoms with Crippen LogP contribution in [0.5, 0.6) is 11.5 Å². The van der Waals surface area contributed by atoms with Crippen LogP contribution >= 0.6 is 11.3 Å². The van der Waals surface area contributed by atoms with Crippen molar-refractivity contribution in [3.63, 3.8) is 0 Å². The van der Waals surface area contributed by atoms with E-state index in [-0.39, 0.29) is 24.8 Å². The summed E-state index contributed by atoms with van der Waals surface area (Å²) in [6.45, 7) is 3.52. The number of ether oxygens (including phenoxy) is 2. The molecule has 1 aromatic carbocycles. The van der Waals surface area contributed by atoms with Gasteiger partial charge in [0.15, 0.2) is 17.3 Å². The molecule has 0 radical (unpaired) electrons. The molecule has 4 heterocycles. The van der Waals surface area contributed by atoms with Gasteiger partial charge >= 0.3 is 0 Å². The Morgan fingerprint density at radius 2 is 2.06 bits per heavy atom. The van der Waals surface area contributed by atoms with Crippen LogP contribution in [-0.4, -0.2) is 36.6 Å². The molecule has 9 heteroatoms. The smallest absolute Gasteiger partial charge is 0.227 e. The standard InChI is InChI=1S/C22H21N3O5S/c1-13-24-17(12-31-13)18-5-3-16(30-18)10-23-22(27)14-8-21(26)25(11-14)15-2-4-19-20(9-15)29-7-6-28-19/h2-5,9,12,14H,6-8,10-11H2,1H3,(H,23,27)/t14-/m1/s1. The third-order valence-corrected chi connectivity index (χ3v) is 6.08. The van der Waals surface area contributed by atoms with Crippen LogP contribution in [0.3, 0.4) is 0 Å². The van der Waals surface area contributed by atoms with Crippen molar-refractivity contribution in [2.75, 3.05) is 24.7 Å². The van der Waals surface area contributed by atoms with E-state index in [1.54, 1.807) is 28.4 Å². The molecule has 2 aliphatic heterocycles. The maximum atomic E-state index is 12.7. The minimum atomic E-state index is -0.420. The molecule has 1 saturated heterocycles. The predicted molar refractivity (Wildman–Crippen MR) is 114 cm³/mol. The SMILES string of the molecule is Cc1nc(-c2ccc(CNC(=O)[C@@H]3CC(=O)N(c4ccc5c(c4)OCCO5)C3)o2)cs1. The number of hydrogen-bond donors (Lipinski definition) is 1. The number of aryl methyl sites for hydroxylation is 1. The fraction of sp³-hybridized carbons (Fsp3) is 0.318. The van der Waals surface area contributed by atoms with E-state index < -0.39 is 5.92 Å². The maximum Gasteiger partial charge on any atom is 0.227 e. The van der Waals surface area contributed by atoms with Gasteiger partial charge in [0.25, 0.3) is 0 Å². The summed E-state index contributed by atoms with van der Waals surface area (Å²) in [5.74, 6) is 1.93. The van der Waals surface area contributed by atoms with Gasteiger partial charge in [0, 0.05) is 30.1 Å². The van der Waals surface area contributed by atoms with E-state index in [0.29, 0.717) is 48.5 Å². The zero-order chi connectivity index (χ0) is 21.4. The van der Waals surface area contributed by atoms with Gasteiger partial charge in [0.2, 0.25) is 11.8 Å². The van der Waals surface area contributed by atoms with Gasteiger partial charge < -0.3 is 24.1 Å². The number of carbonyl (C=O) groups excluding carboxylic acids is 2. The van der Waals surface area contributed by atoms with Crippen LogP contribution in [0.15, 0.2) is 40.1 Å². The first-order chi connectivity index (χ1) is 15.1. The Hall–Kier alpha value is -3.33. The van der Waals surface area contributed by atoms with Crippen LogP contribution in [0.25, 0.3) is 11.5 Å². The number of amides is 2. The average molecular weight is 439 g/mol. The monoisotopic (exact) mass is 439 g/mol. The minimum absolute atomic E-state index is 0.0870. The molecule has 5 rings (SSSR count). The van der Waals surface area contributed by atoms with Crippen LogP contribution in [0.1, 0.15) is 17.2 Å². The van der Waals surface area contributed by atoms with Gasteiger partial charge in [-0.1, -0.05) is 0 Å². The van der Waals surface area contributed by atoms with Gasteiger partial charge in [-0.3, -0.25) is 9.59 Å². The highest BCUT2D eigenvalue weighted by Crippen LogP contribution is 2.36. The van der Waals surface area contributed by atoms with E-state index >= 15 is 0 Å². The molecule has 0 unspecified atom stereocenters. The topological polar surface area (TPSA) is 93.9 Å². The number of furan rings is 1. The van der Waals surface area contributed by atoms with Crippen molar-refractivity contribution in [2.24, 2.45) is 5.92 Å². The number of carbonyl (C=O) groups is 2. The van der Waals surface area contributed by atoms with Crippen LogP contribution in [0, 0.1) is 12.8 Å². The predicted octanol–water partition coefficient (Wildman–Crippen LogP) is 3.15. The van der Waals surface area contributed by atoms with Crippen molar-refractivity contribution >= 4 is 28.8 Å². The minimum Gasteiger partial charge on any atom is -0.486 e. The first kappa shape index (κ1) is 19.6. The highest BCUT2D eigenvalue weighted by molar-refractivity contribution is 7.09. The fourth-order valence-electron chi connectivity index (χ4n) is 3.74. The van der Waals surface area contributed by atoms with Gasteiger partial charge in [-0.05, 0) is 31.2 Å². The summed E-state index contributed by atoms with van der Waals surface area (Å²) in [6, 6.07) is 9.07. The molecular weight excluding hydrogens is 418 g/mol. The van der Waals surface area contributed by atoms with E-state index in [1.807, 2.05) is 30.5 Å². The lowest BCUT2D eigenvalue weighted by Crippen LogP contribution is -2.32.